The Labute approximate surface area is 182 Å². The van der Waals surface area contributed by atoms with Crippen LogP contribution in [0, 0.1) is 10.1 Å². The third-order valence-corrected chi connectivity index (χ3v) is 4.75. The first kappa shape index (κ1) is 20.7. The molecule has 4 rings (SSSR count). The summed E-state index contributed by atoms with van der Waals surface area (Å²) >= 11 is 0. The van der Waals surface area contributed by atoms with Gasteiger partial charge in [-0.15, -0.1) is 0 Å². The maximum absolute atomic E-state index is 13.3. The molecule has 0 fully saturated rings. The molecule has 3 aromatic carbocycles. The SMILES string of the molecule is CC(=O)Nc1ccc(-n2c(/C=C/c3cccc([N+](=O)[O-])c3)nc3ccccc3c2=O)cc1. The molecule has 0 saturated heterocycles. The Morgan fingerprint density at radius 1 is 1.03 bits per heavy atom. The van der Waals surface area contributed by atoms with Crippen LogP contribution in [0.5, 0.6) is 0 Å². The highest BCUT2D eigenvalue weighted by atomic mass is 16.6. The van der Waals surface area contributed by atoms with Crippen LogP contribution in [0.1, 0.15) is 18.3 Å². The Morgan fingerprint density at radius 2 is 1.78 bits per heavy atom. The smallest absolute Gasteiger partial charge is 0.270 e. The molecule has 0 aliphatic heterocycles. The normalized spacial score (nSPS) is 11.0. The zero-order valence-electron chi connectivity index (χ0n) is 17.1. The van der Waals surface area contributed by atoms with E-state index in [1.54, 1.807) is 72.8 Å². The van der Waals surface area contributed by atoms with E-state index in [9.17, 15) is 19.7 Å². The van der Waals surface area contributed by atoms with Crippen LogP contribution in [0.25, 0.3) is 28.7 Å². The van der Waals surface area contributed by atoms with Crippen LogP contribution < -0.4 is 10.9 Å². The van der Waals surface area contributed by atoms with Crippen molar-refractivity contribution in [2.45, 2.75) is 6.92 Å². The molecule has 0 spiro atoms. The lowest BCUT2D eigenvalue weighted by Gasteiger charge is -2.12. The second kappa shape index (κ2) is 8.65. The summed E-state index contributed by atoms with van der Waals surface area (Å²) in [5, 5.41) is 14.2. The summed E-state index contributed by atoms with van der Waals surface area (Å²) in [7, 11) is 0. The fraction of sp³-hybridized carbons (Fsp3) is 0.0417. The van der Waals surface area contributed by atoms with Crippen molar-refractivity contribution in [3.63, 3.8) is 0 Å². The van der Waals surface area contributed by atoms with Gasteiger partial charge in [0.1, 0.15) is 5.82 Å². The summed E-state index contributed by atoms with van der Waals surface area (Å²) < 4.78 is 1.47. The van der Waals surface area contributed by atoms with Gasteiger partial charge in [-0.25, -0.2) is 4.98 Å². The van der Waals surface area contributed by atoms with Crippen LogP contribution >= 0.6 is 0 Å². The molecule has 4 aromatic rings. The first-order valence-electron chi connectivity index (χ1n) is 9.75. The van der Waals surface area contributed by atoms with Crippen molar-refractivity contribution in [2.75, 3.05) is 5.32 Å². The Hall–Kier alpha value is -4.59. The van der Waals surface area contributed by atoms with E-state index in [-0.39, 0.29) is 17.2 Å². The second-order valence-electron chi connectivity index (χ2n) is 7.04. The van der Waals surface area contributed by atoms with Gasteiger partial charge in [-0.1, -0.05) is 30.3 Å². The quantitative estimate of drug-likeness (QED) is 0.375. The number of anilines is 1. The summed E-state index contributed by atoms with van der Waals surface area (Å²) in [6.45, 7) is 1.42. The number of fused-ring (bicyclic) bond motifs is 1. The number of carbonyl (C=O) groups excluding carboxylic acids is 1. The van der Waals surface area contributed by atoms with Crippen LogP contribution in [0.15, 0.2) is 77.6 Å². The molecule has 0 aliphatic carbocycles. The molecule has 0 saturated carbocycles. The number of rotatable bonds is 5. The average molecular weight is 426 g/mol. The first-order chi connectivity index (χ1) is 15.4. The highest BCUT2D eigenvalue weighted by Gasteiger charge is 2.11. The number of nitrogens with one attached hydrogen (secondary N) is 1. The number of nitro groups is 1. The van der Waals surface area contributed by atoms with Crippen molar-refractivity contribution < 1.29 is 9.72 Å². The predicted molar refractivity (Wildman–Crippen MR) is 124 cm³/mol. The standard InChI is InChI=1S/C24H18N4O4/c1-16(29)25-18-10-12-19(13-11-18)27-23(26-22-8-3-2-7-21(22)24(27)30)14-9-17-5-4-6-20(15-17)28(31)32/h2-15H,1H3,(H,25,29)/b14-9+. The molecule has 0 bridgehead atoms. The third kappa shape index (κ3) is 4.29. The summed E-state index contributed by atoms with van der Waals surface area (Å²) in [6, 6.07) is 20.1. The van der Waals surface area contributed by atoms with E-state index in [1.807, 2.05) is 0 Å². The van der Waals surface area contributed by atoms with Crippen LogP contribution in [-0.4, -0.2) is 20.4 Å². The number of nitro benzene ring substituents is 1. The molecule has 8 heteroatoms. The van der Waals surface area contributed by atoms with Crippen LogP contribution in [0.3, 0.4) is 0 Å². The molecule has 158 valence electrons. The van der Waals surface area contributed by atoms with Gasteiger partial charge in [0.2, 0.25) is 5.91 Å². The number of carbonyl (C=O) groups is 1. The number of nitrogens with zero attached hydrogens (tertiary/aromatic N) is 3. The number of benzene rings is 3. The number of hydrogen-bond donors (Lipinski definition) is 1. The van der Waals surface area contributed by atoms with Crippen LogP contribution in [0.4, 0.5) is 11.4 Å². The molecule has 0 aliphatic rings. The minimum Gasteiger partial charge on any atom is -0.326 e. The van der Waals surface area contributed by atoms with Crippen molar-refractivity contribution in [3.05, 3.63) is 105 Å². The van der Waals surface area contributed by atoms with Gasteiger partial charge in [0.25, 0.3) is 11.2 Å². The fourth-order valence-corrected chi connectivity index (χ4v) is 3.32. The molecular formula is C24H18N4O4. The molecule has 1 heterocycles. The van der Waals surface area contributed by atoms with Gasteiger partial charge < -0.3 is 5.32 Å². The minimum atomic E-state index is -0.460. The van der Waals surface area contributed by atoms with Crippen molar-refractivity contribution in [1.82, 2.24) is 9.55 Å². The Morgan fingerprint density at radius 3 is 2.50 bits per heavy atom. The van der Waals surface area contributed by atoms with E-state index < -0.39 is 4.92 Å². The Bertz CT molecular complexity index is 1420. The molecular weight excluding hydrogens is 408 g/mol. The lowest BCUT2D eigenvalue weighted by atomic mass is 10.1. The summed E-state index contributed by atoms with van der Waals surface area (Å²) in [5.74, 6) is 0.176. The number of amides is 1. The number of para-hydroxylation sites is 1. The second-order valence-corrected chi connectivity index (χ2v) is 7.04. The highest BCUT2D eigenvalue weighted by Crippen LogP contribution is 2.19. The van der Waals surface area contributed by atoms with Crippen molar-refractivity contribution in [2.24, 2.45) is 0 Å². The molecule has 1 amide bonds. The number of non-ortho nitro benzene ring substituents is 1. The van der Waals surface area contributed by atoms with Crippen molar-refractivity contribution >= 4 is 40.3 Å². The molecule has 0 radical (unpaired) electrons. The number of aromatic nitrogens is 2. The highest BCUT2D eigenvalue weighted by molar-refractivity contribution is 5.88. The van der Waals surface area contributed by atoms with Crippen LogP contribution in [-0.2, 0) is 4.79 Å². The number of hydrogen-bond acceptors (Lipinski definition) is 5. The maximum atomic E-state index is 13.3. The van der Waals surface area contributed by atoms with E-state index in [2.05, 4.69) is 10.3 Å². The first-order valence-corrected chi connectivity index (χ1v) is 9.75. The molecule has 0 unspecified atom stereocenters. The molecule has 0 atom stereocenters. The average Bonchev–Trinajstić information content (AvgIpc) is 2.78. The summed E-state index contributed by atoms with van der Waals surface area (Å²) in [4.78, 5) is 39.8. The molecule has 1 N–H and O–H groups in total. The van der Waals surface area contributed by atoms with Crippen LogP contribution in [0.2, 0.25) is 0 Å². The third-order valence-electron chi connectivity index (χ3n) is 4.75. The van der Waals surface area contributed by atoms with Gasteiger partial charge in [-0.3, -0.25) is 24.3 Å². The van der Waals surface area contributed by atoms with E-state index in [4.69, 9.17) is 0 Å². The van der Waals surface area contributed by atoms with E-state index in [0.717, 1.165) is 0 Å². The van der Waals surface area contributed by atoms with Crippen molar-refractivity contribution in [1.29, 1.82) is 0 Å². The molecule has 8 nitrogen and oxygen atoms in total. The Kier molecular flexibility index (Phi) is 5.59. The van der Waals surface area contributed by atoms with Gasteiger partial charge in [0, 0.05) is 24.7 Å². The minimum absolute atomic E-state index is 0.0235. The monoisotopic (exact) mass is 426 g/mol. The fourth-order valence-electron chi connectivity index (χ4n) is 3.32. The summed E-state index contributed by atoms with van der Waals surface area (Å²) in [6.07, 6.45) is 3.32. The lowest BCUT2D eigenvalue weighted by Crippen LogP contribution is -2.22. The van der Waals surface area contributed by atoms with Gasteiger partial charge in [0.05, 0.1) is 21.5 Å². The van der Waals surface area contributed by atoms with Gasteiger partial charge >= 0.3 is 0 Å². The topological polar surface area (TPSA) is 107 Å². The lowest BCUT2D eigenvalue weighted by molar-refractivity contribution is -0.384. The zero-order chi connectivity index (χ0) is 22.7. The van der Waals surface area contributed by atoms with Crippen molar-refractivity contribution in [3.8, 4) is 5.69 Å². The largest absolute Gasteiger partial charge is 0.326 e. The van der Waals surface area contributed by atoms with Gasteiger partial charge in [-0.05, 0) is 48.0 Å². The van der Waals surface area contributed by atoms with Gasteiger partial charge in [0.15, 0.2) is 0 Å². The van der Waals surface area contributed by atoms with E-state index in [1.165, 1.54) is 23.6 Å². The van der Waals surface area contributed by atoms with Gasteiger partial charge in [-0.2, -0.15) is 0 Å². The van der Waals surface area contributed by atoms with E-state index >= 15 is 0 Å². The zero-order valence-corrected chi connectivity index (χ0v) is 17.1. The maximum Gasteiger partial charge on any atom is 0.270 e. The molecule has 32 heavy (non-hydrogen) atoms. The predicted octanol–water partition coefficient (Wildman–Crippen LogP) is 4.42. The summed E-state index contributed by atoms with van der Waals surface area (Å²) in [5.41, 5.74) is 2.06. The molecule has 1 aromatic heterocycles. The van der Waals surface area contributed by atoms with E-state index in [0.29, 0.717) is 33.7 Å². The Balaban J connectivity index is 1.84.